The molecule has 0 radical (unpaired) electrons. The van der Waals surface area contributed by atoms with Gasteiger partial charge in [0.05, 0.1) is 7.11 Å². The highest BCUT2D eigenvalue weighted by atomic mass is 16.5. The first-order valence-corrected chi connectivity index (χ1v) is 5.15. The van der Waals surface area contributed by atoms with E-state index in [-0.39, 0.29) is 0 Å². The van der Waals surface area contributed by atoms with Crippen LogP contribution < -0.4 is 10.5 Å². The lowest BCUT2D eigenvalue weighted by molar-refractivity contribution is 0.414. The van der Waals surface area contributed by atoms with Crippen molar-refractivity contribution in [3.8, 4) is 5.75 Å². The molecule has 0 heterocycles. The van der Waals surface area contributed by atoms with Crippen molar-refractivity contribution in [3.63, 3.8) is 0 Å². The number of nitrogens with two attached hydrogens (primary N) is 1. The summed E-state index contributed by atoms with van der Waals surface area (Å²) in [6.07, 6.45) is 2.33. The van der Waals surface area contributed by atoms with Gasteiger partial charge in [0.1, 0.15) is 5.75 Å². The lowest BCUT2D eigenvalue weighted by atomic mass is 9.95. The Bertz CT molecular complexity index is 256. The summed E-state index contributed by atoms with van der Waals surface area (Å²) in [5.41, 5.74) is 7.05. The molecule has 1 unspecified atom stereocenters. The van der Waals surface area contributed by atoms with Gasteiger partial charge in [-0.3, -0.25) is 0 Å². The molecule has 2 nitrogen and oxygen atoms in total. The molecule has 0 bridgehead atoms. The van der Waals surface area contributed by atoms with Gasteiger partial charge in [-0.15, -0.1) is 0 Å². The quantitative estimate of drug-likeness (QED) is 0.780. The first-order chi connectivity index (χ1) is 6.81. The van der Waals surface area contributed by atoms with Crippen molar-refractivity contribution < 1.29 is 4.74 Å². The Morgan fingerprint density at radius 1 is 1.29 bits per heavy atom. The number of hydrogen-bond donors (Lipinski definition) is 1. The predicted molar refractivity (Wildman–Crippen MR) is 59.7 cm³/mol. The fraction of sp³-hybridized carbons (Fsp3) is 0.500. The van der Waals surface area contributed by atoms with Crippen LogP contribution in [0.5, 0.6) is 5.75 Å². The second-order valence-corrected chi connectivity index (χ2v) is 3.49. The Hall–Kier alpha value is -1.02. The molecule has 0 fully saturated rings. The average Bonchev–Trinajstić information content (AvgIpc) is 2.26. The largest absolute Gasteiger partial charge is 0.497 e. The van der Waals surface area contributed by atoms with Gasteiger partial charge >= 0.3 is 0 Å². The molecule has 78 valence electrons. The summed E-state index contributed by atoms with van der Waals surface area (Å²) >= 11 is 0. The number of ether oxygens (including phenoxy) is 1. The minimum Gasteiger partial charge on any atom is -0.497 e. The molecule has 0 aliphatic heterocycles. The smallest absolute Gasteiger partial charge is 0.118 e. The maximum Gasteiger partial charge on any atom is 0.118 e. The molecule has 1 rings (SSSR count). The number of rotatable bonds is 5. The van der Waals surface area contributed by atoms with Gasteiger partial charge in [0.25, 0.3) is 0 Å². The fourth-order valence-corrected chi connectivity index (χ4v) is 1.65. The van der Waals surface area contributed by atoms with Crippen molar-refractivity contribution in [1.29, 1.82) is 0 Å². The van der Waals surface area contributed by atoms with Crippen molar-refractivity contribution >= 4 is 0 Å². The molecule has 1 atom stereocenters. The van der Waals surface area contributed by atoms with E-state index in [9.17, 15) is 0 Å². The highest BCUT2D eigenvalue weighted by molar-refractivity contribution is 5.29. The van der Waals surface area contributed by atoms with E-state index in [0.717, 1.165) is 18.7 Å². The zero-order valence-electron chi connectivity index (χ0n) is 8.99. The molecule has 1 aromatic carbocycles. The molecule has 1 aromatic rings. The molecule has 2 N–H and O–H groups in total. The molecule has 0 spiro atoms. The summed E-state index contributed by atoms with van der Waals surface area (Å²) in [6.45, 7) is 2.91. The topological polar surface area (TPSA) is 35.2 Å². The highest BCUT2D eigenvalue weighted by Crippen LogP contribution is 2.22. The van der Waals surface area contributed by atoms with Gasteiger partial charge in [0.15, 0.2) is 0 Å². The van der Waals surface area contributed by atoms with Crippen molar-refractivity contribution in [2.24, 2.45) is 5.73 Å². The molecule has 0 amide bonds. The molecule has 0 saturated heterocycles. The summed E-state index contributed by atoms with van der Waals surface area (Å²) in [5.74, 6) is 1.40. The maximum absolute atomic E-state index is 5.73. The van der Waals surface area contributed by atoms with E-state index in [1.165, 1.54) is 12.0 Å². The summed E-state index contributed by atoms with van der Waals surface area (Å²) in [4.78, 5) is 0. The number of hydrogen-bond acceptors (Lipinski definition) is 2. The van der Waals surface area contributed by atoms with Crippen LogP contribution >= 0.6 is 0 Å². The summed E-state index contributed by atoms with van der Waals surface area (Å²) in [5, 5.41) is 0. The number of methoxy groups -OCH3 is 1. The SMILES string of the molecule is CCCC(CN)c1ccc(OC)cc1. The van der Waals surface area contributed by atoms with Crippen LogP contribution in [0.15, 0.2) is 24.3 Å². The van der Waals surface area contributed by atoms with Crippen LogP contribution in [-0.2, 0) is 0 Å². The first kappa shape index (κ1) is 11.1. The average molecular weight is 193 g/mol. The molecule has 0 aliphatic rings. The molecule has 0 aliphatic carbocycles. The van der Waals surface area contributed by atoms with Crippen LogP contribution in [0.25, 0.3) is 0 Å². The minimum atomic E-state index is 0.492. The van der Waals surface area contributed by atoms with Crippen LogP contribution in [0.1, 0.15) is 31.2 Å². The Morgan fingerprint density at radius 2 is 1.93 bits per heavy atom. The zero-order valence-corrected chi connectivity index (χ0v) is 8.99. The van der Waals surface area contributed by atoms with Gasteiger partial charge in [-0.2, -0.15) is 0 Å². The summed E-state index contributed by atoms with van der Waals surface area (Å²) in [7, 11) is 1.68. The van der Waals surface area contributed by atoms with E-state index < -0.39 is 0 Å². The minimum absolute atomic E-state index is 0.492. The summed E-state index contributed by atoms with van der Waals surface area (Å²) in [6, 6.07) is 8.19. The Balaban J connectivity index is 2.73. The van der Waals surface area contributed by atoms with E-state index in [2.05, 4.69) is 19.1 Å². The summed E-state index contributed by atoms with van der Waals surface area (Å²) < 4.78 is 5.11. The van der Waals surface area contributed by atoms with Crippen LogP contribution in [0.4, 0.5) is 0 Å². The normalized spacial score (nSPS) is 12.5. The number of benzene rings is 1. The lowest BCUT2D eigenvalue weighted by Crippen LogP contribution is -2.12. The van der Waals surface area contributed by atoms with Gasteiger partial charge in [0, 0.05) is 0 Å². The highest BCUT2D eigenvalue weighted by Gasteiger charge is 2.07. The van der Waals surface area contributed by atoms with Crippen molar-refractivity contribution in [1.82, 2.24) is 0 Å². The Morgan fingerprint density at radius 3 is 2.36 bits per heavy atom. The first-order valence-electron chi connectivity index (χ1n) is 5.15. The monoisotopic (exact) mass is 193 g/mol. The van der Waals surface area contributed by atoms with E-state index in [0.29, 0.717) is 5.92 Å². The third-order valence-corrected chi connectivity index (χ3v) is 2.51. The lowest BCUT2D eigenvalue weighted by Gasteiger charge is -2.14. The van der Waals surface area contributed by atoms with Crippen molar-refractivity contribution in [2.45, 2.75) is 25.7 Å². The van der Waals surface area contributed by atoms with Crippen LogP contribution in [0, 0.1) is 0 Å². The third kappa shape index (κ3) is 2.74. The van der Waals surface area contributed by atoms with Gasteiger partial charge in [-0.05, 0) is 36.6 Å². The molecule has 2 heteroatoms. The van der Waals surface area contributed by atoms with Gasteiger partial charge < -0.3 is 10.5 Å². The molecular formula is C12H19NO. The molecule has 14 heavy (non-hydrogen) atoms. The van der Waals surface area contributed by atoms with Crippen molar-refractivity contribution in [2.75, 3.05) is 13.7 Å². The molecule has 0 aromatic heterocycles. The van der Waals surface area contributed by atoms with E-state index in [4.69, 9.17) is 10.5 Å². The van der Waals surface area contributed by atoms with Gasteiger partial charge in [-0.25, -0.2) is 0 Å². The van der Waals surface area contributed by atoms with E-state index in [1.54, 1.807) is 7.11 Å². The Labute approximate surface area is 86.1 Å². The third-order valence-electron chi connectivity index (χ3n) is 2.51. The van der Waals surface area contributed by atoms with Gasteiger partial charge in [0.2, 0.25) is 0 Å². The molecular weight excluding hydrogens is 174 g/mol. The van der Waals surface area contributed by atoms with Crippen molar-refractivity contribution in [3.05, 3.63) is 29.8 Å². The Kier molecular flexibility index (Phi) is 4.47. The van der Waals surface area contributed by atoms with E-state index in [1.807, 2.05) is 12.1 Å². The zero-order chi connectivity index (χ0) is 10.4. The van der Waals surface area contributed by atoms with Crippen LogP contribution in [0.2, 0.25) is 0 Å². The van der Waals surface area contributed by atoms with Crippen LogP contribution in [-0.4, -0.2) is 13.7 Å². The van der Waals surface area contributed by atoms with E-state index >= 15 is 0 Å². The van der Waals surface area contributed by atoms with Gasteiger partial charge in [-0.1, -0.05) is 25.5 Å². The predicted octanol–water partition coefficient (Wildman–Crippen LogP) is 2.54. The second kappa shape index (κ2) is 5.66. The molecule has 0 saturated carbocycles. The maximum atomic E-state index is 5.73. The standard InChI is InChI=1S/C12H19NO/c1-3-4-11(9-13)10-5-7-12(14-2)8-6-10/h5-8,11H,3-4,9,13H2,1-2H3. The second-order valence-electron chi connectivity index (χ2n) is 3.49. The fourth-order valence-electron chi connectivity index (χ4n) is 1.65. The van der Waals surface area contributed by atoms with Crippen LogP contribution in [0.3, 0.4) is 0 Å².